The van der Waals surface area contributed by atoms with Crippen molar-refractivity contribution in [1.82, 2.24) is 0 Å². The van der Waals surface area contributed by atoms with E-state index < -0.39 is 0 Å². The number of hydrogen-bond donors (Lipinski definition) is 1. The van der Waals surface area contributed by atoms with Crippen LogP contribution in [0.2, 0.25) is 0 Å². The van der Waals surface area contributed by atoms with Gasteiger partial charge in [0.25, 0.3) is 0 Å². The Morgan fingerprint density at radius 1 is 1.67 bits per heavy atom. The lowest BCUT2D eigenvalue weighted by Gasteiger charge is -2.13. The minimum atomic E-state index is 0.937. The molecule has 0 bridgehead atoms. The Kier molecular flexibility index (Phi) is 2.52. The summed E-state index contributed by atoms with van der Waals surface area (Å²) in [5, 5.41) is 2.51. The van der Waals surface area contributed by atoms with E-state index in [0.717, 1.165) is 12.0 Å². The normalized spacial score (nSPS) is 30.7. The largest absolute Gasteiger partial charge is 0.344 e. The first-order valence-corrected chi connectivity index (χ1v) is 4.18. The second-order valence-corrected chi connectivity index (χ2v) is 3.22. The Morgan fingerprint density at radius 2 is 2.44 bits per heavy atom. The van der Waals surface area contributed by atoms with E-state index >= 15 is 0 Å². The van der Waals surface area contributed by atoms with Crippen molar-refractivity contribution in [2.24, 2.45) is 5.92 Å². The molecule has 9 heavy (non-hydrogen) atoms. The Bertz CT molecular complexity index is 74.6. The molecule has 0 aromatic carbocycles. The van der Waals surface area contributed by atoms with Gasteiger partial charge in [-0.1, -0.05) is 13.8 Å². The molecule has 1 aliphatic heterocycles. The van der Waals surface area contributed by atoms with Crippen LogP contribution in [-0.4, -0.2) is 12.6 Å². The molecule has 0 spiro atoms. The summed E-state index contributed by atoms with van der Waals surface area (Å²) in [5.41, 5.74) is 0. The summed E-state index contributed by atoms with van der Waals surface area (Å²) in [4.78, 5) is 0. The summed E-state index contributed by atoms with van der Waals surface area (Å²) in [7, 11) is 0. The molecule has 0 radical (unpaired) electrons. The van der Waals surface area contributed by atoms with Gasteiger partial charge in [0.2, 0.25) is 0 Å². The molecular formula is C8H18N+. The predicted molar refractivity (Wildman–Crippen MR) is 39.3 cm³/mol. The highest BCUT2D eigenvalue weighted by atomic mass is 14.9. The van der Waals surface area contributed by atoms with Crippen molar-refractivity contribution >= 4 is 0 Å². The topological polar surface area (TPSA) is 16.6 Å². The lowest BCUT2D eigenvalue weighted by molar-refractivity contribution is -0.676. The number of quaternary nitrogens is 1. The maximum absolute atomic E-state index is 2.51. The van der Waals surface area contributed by atoms with Crippen molar-refractivity contribution in [3.05, 3.63) is 0 Å². The van der Waals surface area contributed by atoms with Crippen LogP contribution in [0.5, 0.6) is 0 Å². The average Bonchev–Trinajstić information content (AvgIpc) is 2.37. The fourth-order valence-corrected chi connectivity index (χ4v) is 1.62. The van der Waals surface area contributed by atoms with E-state index in [1.54, 1.807) is 0 Å². The lowest BCUT2D eigenvalue weighted by Crippen LogP contribution is -2.87. The van der Waals surface area contributed by atoms with Crippen LogP contribution in [0.15, 0.2) is 0 Å². The van der Waals surface area contributed by atoms with Gasteiger partial charge >= 0.3 is 0 Å². The van der Waals surface area contributed by atoms with Crippen molar-refractivity contribution < 1.29 is 5.32 Å². The van der Waals surface area contributed by atoms with E-state index in [4.69, 9.17) is 0 Å². The molecule has 1 heterocycles. The standard InChI is InChI=1S/C8H17N/c1-3-7(2)8-5-4-6-9-8/h7-9H,3-6H2,1-2H3/p+1/t7-,8+/m1/s1. The molecule has 0 saturated carbocycles. The summed E-state index contributed by atoms with van der Waals surface area (Å²) in [6.45, 7) is 6.03. The maximum Gasteiger partial charge on any atom is 0.0886 e. The molecule has 0 unspecified atom stereocenters. The molecule has 1 fully saturated rings. The van der Waals surface area contributed by atoms with Crippen molar-refractivity contribution in [2.45, 2.75) is 39.2 Å². The van der Waals surface area contributed by atoms with Gasteiger partial charge in [-0.25, -0.2) is 0 Å². The molecule has 0 aromatic rings. The average molecular weight is 128 g/mol. The van der Waals surface area contributed by atoms with Gasteiger partial charge in [0.15, 0.2) is 0 Å². The predicted octanol–water partition coefficient (Wildman–Crippen LogP) is 0.758. The summed E-state index contributed by atoms with van der Waals surface area (Å²) in [5.74, 6) is 0.937. The van der Waals surface area contributed by atoms with Crippen molar-refractivity contribution in [3.8, 4) is 0 Å². The highest BCUT2D eigenvalue weighted by molar-refractivity contribution is 4.65. The highest BCUT2D eigenvalue weighted by Gasteiger charge is 2.22. The summed E-state index contributed by atoms with van der Waals surface area (Å²) >= 11 is 0. The Hall–Kier alpha value is -0.0400. The third-order valence-corrected chi connectivity index (χ3v) is 2.59. The van der Waals surface area contributed by atoms with E-state index in [1.165, 1.54) is 25.8 Å². The van der Waals surface area contributed by atoms with Crippen molar-refractivity contribution in [2.75, 3.05) is 6.54 Å². The van der Waals surface area contributed by atoms with E-state index in [-0.39, 0.29) is 0 Å². The molecule has 0 amide bonds. The van der Waals surface area contributed by atoms with Crippen LogP contribution in [0.1, 0.15) is 33.1 Å². The van der Waals surface area contributed by atoms with Crippen LogP contribution in [-0.2, 0) is 0 Å². The maximum atomic E-state index is 2.51. The van der Waals surface area contributed by atoms with Crippen molar-refractivity contribution in [1.29, 1.82) is 0 Å². The Labute approximate surface area is 57.8 Å². The third-order valence-electron chi connectivity index (χ3n) is 2.59. The number of rotatable bonds is 2. The van der Waals surface area contributed by atoms with E-state index in [9.17, 15) is 0 Å². The molecule has 1 heteroatoms. The first-order chi connectivity index (χ1) is 4.34. The van der Waals surface area contributed by atoms with Gasteiger partial charge in [0.1, 0.15) is 0 Å². The number of nitrogens with two attached hydrogens (primary N) is 1. The molecule has 0 aromatic heterocycles. The third kappa shape index (κ3) is 1.68. The zero-order valence-electron chi connectivity index (χ0n) is 6.56. The van der Waals surface area contributed by atoms with Crippen LogP contribution in [0.25, 0.3) is 0 Å². The highest BCUT2D eigenvalue weighted by Crippen LogP contribution is 2.11. The molecule has 1 rings (SSSR count). The second-order valence-electron chi connectivity index (χ2n) is 3.22. The Balaban J connectivity index is 2.24. The summed E-state index contributed by atoms with van der Waals surface area (Å²) < 4.78 is 0. The zero-order chi connectivity index (χ0) is 6.69. The van der Waals surface area contributed by atoms with Crippen LogP contribution in [0.4, 0.5) is 0 Å². The lowest BCUT2D eigenvalue weighted by atomic mass is 9.98. The van der Waals surface area contributed by atoms with Gasteiger partial charge in [0, 0.05) is 18.8 Å². The summed E-state index contributed by atoms with van der Waals surface area (Å²) in [6.07, 6.45) is 4.24. The van der Waals surface area contributed by atoms with Gasteiger partial charge < -0.3 is 5.32 Å². The molecular weight excluding hydrogens is 110 g/mol. The van der Waals surface area contributed by atoms with Crippen LogP contribution in [0.3, 0.4) is 0 Å². The zero-order valence-corrected chi connectivity index (χ0v) is 6.56. The van der Waals surface area contributed by atoms with Gasteiger partial charge in [-0.2, -0.15) is 0 Å². The summed E-state index contributed by atoms with van der Waals surface area (Å²) in [6, 6.07) is 0.954. The molecule has 0 aliphatic carbocycles. The van der Waals surface area contributed by atoms with Gasteiger partial charge in [0.05, 0.1) is 12.6 Å². The quantitative estimate of drug-likeness (QED) is 0.565. The van der Waals surface area contributed by atoms with Crippen LogP contribution >= 0.6 is 0 Å². The number of hydrogen-bond acceptors (Lipinski definition) is 0. The molecule has 54 valence electrons. The van der Waals surface area contributed by atoms with Crippen molar-refractivity contribution in [3.63, 3.8) is 0 Å². The first-order valence-electron chi connectivity index (χ1n) is 4.18. The van der Waals surface area contributed by atoms with Crippen LogP contribution in [0, 0.1) is 5.92 Å². The molecule has 1 aliphatic rings. The van der Waals surface area contributed by atoms with E-state index in [1.807, 2.05) is 0 Å². The van der Waals surface area contributed by atoms with Crippen LogP contribution < -0.4 is 5.32 Å². The van der Waals surface area contributed by atoms with Gasteiger partial charge in [-0.3, -0.25) is 0 Å². The molecule has 2 atom stereocenters. The van der Waals surface area contributed by atoms with Gasteiger partial charge in [-0.15, -0.1) is 0 Å². The molecule has 2 N–H and O–H groups in total. The Morgan fingerprint density at radius 3 is 2.89 bits per heavy atom. The fourth-order valence-electron chi connectivity index (χ4n) is 1.62. The fraction of sp³-hybridized carbons (Fsp3) is 1.00. The van der Waals surface area contributed by atoms with E-state index in [0.29, 0.717) is 0 Å². The SMILES string of the molecule is CC[C@@H](C)[C@@H]1CCC[NH2+]1. The van der Waals surface area contributed by atoms with E-state index in [2.05, 4.69) is 19.2 Å². The monoisotopic (exact) mass is 128 g/mol. The smallest absolute Gasteiger partial charge is 0.0886 e. The minimum absolute atomic E-state index is 0.937. The molecule has 1 nitrogen and oxygen atoms in total. The van der Waals surface area contributed by atoms with Gasteiger partial charge in [-0.05, 0) is 6.42 Å². The molecule has 1 saturated heterocycles. The minimum Gasteiger partial charge on any atom is -0.344 e. The second kappa shape index (κ2) is 3.21. The first kappa shape index (κ1) is 7.07.